The van der Waals surface area contributed by atoms with Crippen LogP contribution in [0.3, 0.4) is 0 Å². The number of halogens is 1. The molecular weight excluding hydrogens is 463 g/mol. The molecule has 0 amide bonds. The third kappa shape index (κ3) is 8.11. The van der Waals surface area contributed by atoms with E-state index in [1.54, 1.807) is 7.05 Å². The number of anilines is 1. The van der Waals surface area contributed by atoms with Crippen molar-refractivity contribution in [3.63, 3.8) is 0 Å². The van der Waals surface area contributed by atoms with E-state index in [4.69, 9.17) is 0 Å². The van der Waals surface area contributed by atoms with Crippen LogP contribution in [0.2, 0.25) is 0 Å². The molecule has 1 heterocycles. The molecular formula is C18H31IN4O2S. The van der Waals surface area contributed by atoms with Gasteiger partial charge in [0.25, 0.3) is 0 Å². The summed E-state index contributed by atoms with van der Waals surface area (Å²) in [5, 5.41) is 6.64. The van der Waals surface area contributed by atoms with E-state index < -0.39 is 9.84 Å². The Morgan fingerprint density at radius 1 is 1.35 bits per heavy atom. The number of nitrogens with zero attached hydrogens (tertiary/aromatic N) is 2. The molecule has 2 unspecified atom stereocenters. The maximum absolute atomic E-state index is 11.3. The molecule has 1 aromatic rings. The molecule has 2 N–H and O–H groups in total. The molecule has 1 saturated heterocycles. The van der Waals surface area contributed by atoms with Crippen LogP contribution in [0.25, 0.3) is 0 Å². The zero-order chi connectivity index (χ0) is 18.3. The first-order chi connectivity index (χ1) is 11.9. The summed E-state index contributed by atoms with van der Waals surface area (Å²) in [6, 6.07) is 10.6. The molecule has 26 heavy (non-hydrogen) atoms. The molecule has 2 atom stereocenters. The molecule has 0 radical (unpaired) electrons. The predicted molar refractivity (Wildman–Crippen MR) is 120 cm³/mol. The fraction of sp³-hybridized carbons (Fsp3) is 0.611. The fourth-order valence-corrected chi connectivity index (χ4v) is 3.79. The van der Waals surface area contributed by atoms with Gasteiger partial charge >= 0.3 is 0 Å². The van der Waals surface area contributed by atoms with Gasteiger partial charge in [-0.1, -0.05) is 18.2 Å². The summed E-state index contributed by atoms with van der Waals surface area (Å²) in [5.41, 5.74) is 1.28. The van der Waals surface area contributed by atoms with Crippen LogP contribution in [-0.4, -0.2) is 59.1 Å². The molecule has 148 valence electrons. The zero-order valence-electron chi connectivity index (χ0n) is 15.8. The van der Waals surface area contributed by atoms with Gasteiger partial charge in [0.2, 0.25) is 0 Å². The molecule has 1 aromatic carbocycles. The molecule has 6 nitrogen and oxygen atoms in total. The van der Waals surface area contributed by atoms with Crippen LogP contribution in [-0.2, 0) is 9.84 Å². The van der Waals surface area contributed by atoms with Gasteiger partial charge in [-0.3, -0.25) is 4.99 Å². The number of sulfone groups is 1. The molecule has 0 saturated carbocycles. The maximum atomic E-state index is 11.3. The summed E-state index contributed by atoms with van der Waals surface area (Å²) < 4.78 is 22.5. The second-order valence-corrected chi connectivity index (χ2v) is 9.11. The summed E-state index contributed by atoms with van der Waals surface area (Å²) >= 11 is 0. The van der Waals surface area contributed by atoms with Crippen LogP contribution >= 0.6 is 24.0 Å². The average molecular weight is 494 g/mol. The van der Waals surface area contributed by atoms with Gasteiger partial charge in [-0.25, -0.2) is 8.42 Å². The standard InChI is InChI=1S/C18H30N4O2S.HI/c1-15(10-12-25(3,23)24)21-18(19-2)20-13-16-9-11-22(14-16)17-7-5-4-6-8-17;/h4-8,15-16H,9-14H2,1-3H3,(H2,19,20,21);1H. The van der Waals surface area contributed by atoms with Crippen molar-refractivity contribution in [2.45, 2.75) is 25.8 Å². The van der Waals surface area contributed by atoms with Gasteiger partial charge in [-0.15, -0.1) is 24.0 Å². The van der Waals surface area contributed by atoms with E-state index in [1.165, 1.54) is 11.9 Å². The van der Waals surface area contributed by atoms with E-state index in [0.29, 0.717) is 12.3 Å². The molecule has 2 rings (SSSR count). The lowest BCUT2D eigenvalue weighted by molar-refractivity contribution is 0.551. The highest BCUT2D eigenvalue weighted by Gasteiger charge is 2.22. The number of benzene rings is 1. The molecule has 0 aliphatic carbocycles. The lowest BCUT2D eigenvalue weighted by Crippen LogP contribution is -2.44. The Kier molecular flexibility index (Phi) is 9.70. The van der Waals surface area contributed by atoms with Crippen LogP contribution in [0, 0.1) is 5.92 Å². The van der Waals surface area contributed by atoms with Crippen LogP contribution in [0.5, 0.6) is 0 Å². The largest absolute Gasteiger partial charge is 0.371 e. The Labute approximate surface area is 174 Å². The average Bonchev–Trinajstić information content (AvgIpc) is 3.06. The first kappa shape index (κ1) is 23.0. The first-order valence-corrected chi connectivity index (χ1v) is 10.9. The number of rotatable bonds is 7. The molecule has 0 aromatic heterocycles. The Hall–Kier alpha value is -1.03. The van der Waals surface area contributed by atoms with E-state index in [0.717, 1.165) is 32.0 Å². The van der Waals surface area contributed by atoms with E-state index in [9.17, 15) is 8.42 Å². The Morgan fingerprint density at radius 2 is 2.04 bits per heavy atom. The highest BCUT2D eigenvalue weighted by molar-refractivity contribution is 14.0. The second kappa shape index (κ2) is 11.0. The number of hydrogen-bond acceptors (Lipinski definition) is 4. The van der Waals surface area contributed by atoms with Crippen LogP contribution in [0.1, 0.15) is 19.8 Å². The molecule has 8 heteroatoms. The van der Waals surface area contributed by atoms with Gasteiger partial charge in [0.05, 0.1) is 5.75 Å². The Bertz CT molecular complexity index is 667. The van der Waals surface area contributed by atoms with Gasteiger partial charge in [-0.05, 0) is 37.8 Å². The van der Waals surface area contributed by atoms with E-state index in [1.807, 2.05) is 13.0 Å². The van der Waals surface area contributed by atoms with Crippen molar-refractivity contribution in [3.05, 3.63) is 30.3 Å². The summed E-state index contributed by atoms with van der Waals surface area (Å²) in [4.78, 5) is 6.66. The topological polar surface area (TPSA) is 73.8 Å². The van der Waals surface area contributed by atoms with Crippen molar-refractivity contribution >= 4 is 45.5 Å². The van der Waals surface area contributed by atoms with Crippen molar-refractivity contribution in [2.75, 3.05) is 43.6 Å². The van der Waals surface area contributed by atoms with Gasteiger partial charge in [0.15, 0.2) is 5.96 Å². The normalized spacial score (nSPS) is 19.0. The molecule has 1 fully saturated rings. The lowest BCUT2D eigenvalue weighted by Gasteiger charge is -2.21. The van der Waals surface area contributed by atoms with Crippen LogP contribution in [0.15, 0.2) is 35.3 Å². The number of guanidine groups is 1. The van der Waals surface area contributed by atoms with Crippen molar-refractivity contribution in [2.24, 2.45) is 10.9 Å². The number of hydrogen-bond donors (Lipinski definition) is 2. The lowest BCUT2D eigenvalue weighted by atomic mass is 10.1. The minimum absolute atomic E-state index is 0. The maximum Gasteiger partial charge on any atom is 0.191 e. The predicted octanol–water partition coefficient (Wildman–Crippen LogP) is 2.12. The third-order valence-corrected chi connectivity index (χ3v) is 5.47. The van der Waals surface area contributed by atoms with E-state index in [-0.39, 0.29) is 35.8 Å². The SMILES string of the molecule is CN=C(NCC1CCN(c2ccccc2)C1)NC(C)CCS(C)(=O)=O.I. The number of nitrogens with one attached hydrogen (secondary N) is 2. The van der Waals surface area contributed by atoms with Crippen molar-refractivity contribution in [1.29, 1.82) is 0 Å². The molecule has 0 spiro atoms. The van der Waals surface area contributed by atoms with E-state index >= 15 is 0 Å². The van der Waals surface area contributed by atoms with Crippen LogP contribution in [0.4, 0.5) is 5.69 Å². The molecule has 1 aliphatic heterocycles. The summed E-state index contributed by atoms with van der Waals surface area (Å²) in [6.07, 6.45) is 3.00. The third-order valence-electron chi connectivity index (χ3n) is 4.49. The van der Waals surface area contributed by atoms with Gasteiger partial charge in [0, 0.05) is 44.7 Å². The molecule has 0 bridgehead atoms. The Balaban J connectivity index is 0.00000338. The highest BCUT2D eigenvalue weighted by atomic mass is 127. The van der Waals surface area contributed by atoms with Crippen LogP contribution < -0.4 is 15.5 Å². The summed E-state index contributed by atoms with van der Waals surface area (Å²) in [6.45, 7) is 4.96. The van der Waals surface area contributed by atoms with Crippen molar-refractivity contribution in [1.82, 2.24) is 10.6 Å². The summed E-state index contributed by atoms with van der Waals surface area (Å²) in [7, 11) is -1.19. The van der Waals surface area contributed by atoms with E-state index in [2.05, 4.69) is 44.8 Å². The second-order valence-electron chi connectivity index (χ2n) is 6.85. The minimum Gasteiger partial charge on any atom is -0.371 e. The van der Waals surface area contributed by atoms with Gasteiger partial charge in [0.1, 0.15) is 9.84 Å². The Morgan fingerprint density at radius 3 is 2.65 bits per heavy atom. The quantitative estimate of drug-likeness (QED) is 0.345. The first-order valence-electron chi connectivity index (χ1n) is 8.82. The zero-order valence-corrected chi connectivity index (χ0v) is 19.0. The van der Waals surface area contributed by atoms with Crippen molar-refractivity contribution in [3.8, 4) is 0 Å². The fourth-order valence-electron chi connectivity index (χ4n) is 3.00. The van der Waals surface area contributed by atoms with Crippen molar-refractivity contribution < 1.29 is 8.42 Å². The molecule has 1 aliphatic rings. The highest BCUT2D eigenvalue weighted by Crippen LogP contribution is 2.22. The van der Waals surface area contributed by atoms with Gasteiger partial charge in [-0.2, -0.15) is 0 Å². The number of para-hydroxylation sites is 1. The monoisotopic (exact) mass is 494 g/mol. The minimum atomic E-state index is -2.93. The van der Waals surface area contributed by atoms with Gasteiger partial charge < -0.3 is 15.5 Å². The number of aliphatic imine (C=N–C) groups is 1. The summed E-state index contributed by atoms with van der Waals surface area (Å²) in [5.74, 6) is 1.50. The smallest absolute Gasteiger partial charge is 0.191 e.